The molecule has 1 unspecified atom stereocenters. The SMILES string of the molecule is Cc1ccc(CN2CC(C(=O)NCCN3C(=O)SC(=Cc4cccs4)C3=O)CC2=O)cc1. The average Bonchev–Trinajstić information content (AvgIpc) is 3.47. The molecule has 0 saturated carbocycles. The van der Waals surface area contributed by atoms with Crippen LogP contribution >= 0.6 is 23.1 Å². The van der Waals surface area contributed by atoms with E-state index in [1.807, 2.05) is 48.7 Å². The summed E-state index contributed by atoms with van der Waals surface area (Å²) >= 11 is 2.40. The highest BCUT2D eigenvalue weighted by Crippen LogP contribution is 2.32. The number of thiophene rings is 1. The molecular weight excluding hydrogens is 446 g/mol. The minimum absolute atomic E-state index is 0.0459. The van der Waals surface area contributed by atoms with Crippen LogP contribution in [0.2, 0.25) is 0 Å². The van der Waals surface area contributed by atoms with Crippen molar-refractivity contribution in [2.75, 3.05) is 19.6 Å². The molecule has 2 aliphatic rings. The fraction of sp³-hybridized carbons (Fsp3) is 0.304. The topological polar surface area (TPSA) is 86.8 Å². The first-order chi connectivity index (χ1) is 15.4. The highest BCUT2D eigenvalue weighted by molar-refractivity contribution is 8.18. The summed E-state index contributed by atoms with van der Waals surface area (Å²) in [5.74, 6) is -1.05. The number of nitrogens with one attached hydrogen (secondary N) is 1. The lowest BCUT2D eigenvalue weighted by Crippen LogP contribution is -2.40. The number of thioether (sulfide) groups is 1. The third kappa shape index (κ3) is 5.11. The molecule has 1 aromatic carbocycles. The van der Waals surface area contributed by atoms with Crippen molar-refractivity contribution in [1.29, 1.82) is 0 Å². The Morgan fingerprint density at radius 2 is 1.97 bits per heavy atom. The van der Waals surface area contributed by atoms with Gasteiger partial charge in [0.25, 0.3) is 11.1 Å². The maximum atomic E-state index is 12.6. The molecule has 166 valence electrons. The summed E-state index contributed by atoms with van der Waals surface area (Å²) < 4.78 is 0. The Morgan fingerprint density at radius 3 is 2.69 bits per heavy atom. The van der Waals surface area contributed by atoms with Crippen molar-refractivity contribution in [3.05, 3.63) is 62.7 Å². The largest absolute Gasteiger partial charge is 0.354 e. The van der Waals surface area contributed by atoms with Crippen molar-refractivity contribution in [2.24, 2.45) is 5.92 Å². The van der Waals surface area contributed by atoms with Gasteiger partial charge in [0.1, 0.15) is 0 Å². The standard InChI is InChI=1S/C23H23N3O4S2/c1-15-4-6-16(7-5-15)13-25-14-17(11-20(25)27)21(28)24-8-9-26-22(29)19(32-23(26)30)12-18-3-2-10-31-18/h2-7,10,12,17H,8-9,11,13-14H2,1H3,(H,24,28). The van der Waals surface area contributed by atoms with Gasteiger partial charge in [-0.1, -0.05) is 35.9 Å². The molecule has 3 heterocycles. The number of carbonyl (C=O) groups excluding carboxylic acids is 4. The Bertz CT molecular complexity index is 1060. The average molecular weight is 470 g/mol. The summed E-state index contributed by atoms with van der Waals surface area (Å²) in [6.45, 7) is 3.12. The molecule has 4 amide bonds. The van der Waals surface area contributed by atoms with Gasteiger partial charge >= 0.3 is 0 Å². The zero-order valence-electron chi connectivity index (χ0n) is 17.6. The van der Waals surface area contributed by atoms with Crippen LogP contribution in [0.1, 0.15) is 22.4 Å². The minimum atomic E-state index is -0.429. The van der Waals surface area contributed by atoms with Crippen molar-refractivity contribution >= 4 is 52.1 Å². The van der Waals surface area contributed by atoms with Gasteiger partial charge in [-0.3, -0.25) is 24.1 Å². The van der Waals surface area contributed by atoms with E-state index in [0.717, 1.165) is 32.7 Å². The Hall–Kier alpha value is -2.91. The van der Waals surface area contributed by atoms with E-state index in [9.17, 15) is 19.2 Å². The predicted molar refractivity (Wildman–Crippen MR) is 125 cm³/mol. The third-order valence-corrected chi connectivity index (χ3v) is 7.13. The molecule has 2 fully saturated rings. The number of carbonyl (C=O) groups is 4. The summed E-state index contributed by atoms with van der Waals surface area (Å²) in [7, 11) is 0. The van der Waals surface area contributed by atoms with Crippen LogP contribution in [0.25, 0.3) is 6.08 Å². The molecule has 1 atom stereocenters. The number of hydrogen-bond acceptors (Lipinski definition) is 6. The lowest BCUT2D eigenvalue weighted by atomic mass is 10.1. The molecule has 2 saturated heterocycles. The molecule has 7 nitrogen and oxygen atoms in total. The molecular formula is C23H23N3O4S2. The molecule has 0 aliphatic carbocycles. The van der Waals surface area contributed by atoms with Crippen molar-refractivity contribution in [3.63, 3.8) is 0 Å². The van der Waals surface area contributed by atoms with Crippen LogP contribution in [-0.2, 0) is 20.9 Å². The molecule has 1 aromatic heterocycles. The Morgan fingerprint density at radius 1 is 1.19 bits per heavy atom. The van der Waals surface area contributed by atoms with Gasteiger partial charge in [-0.25, -0.2) is 0 Å². The molecule has 9 heteroatoms. The number of amides is 4. The number of likely N-dealkylation sites (tertiary alicyclic amines) is 1. The van der Waals surface area contributed by atoms with Crippen molar-refractivity contribution < 1.29 is 19.2 Å². The smallest absolute Gasteiger partial charge is 0.293 e. The highest BCUT2D eigenvalue weighted by Gasteiger charge is 2.36. The number of aryl methyl sites for hydroxylation is 1. The first kappa shape index (κ1) is 22.3. The van der Waals surface area contributed by atoms with Gasteiger partial charge in [0.15, 0.2) is 0 Å². The van der Waals surface area contributed by atoms with Crippen LogP contribution in [0, 0.1) is 12.8 Å². The van der Waals surface area contributed by atoms with Crippen LogP contribution in [0.5, 0.6) is 0 Å². The molecule has 0 spiro atoms. The minimum Gasteiger partial charge on any atom is -0.354 e. The van der Waals surface area contributed by atoms with Crippen molar-refractivity contribution in [2.45, 2.75) is 19.9 Å². The maximum absolute atomic E-state index is 12.6. The van der Waals surface area contributed by atoms with Crippen molar-refractivity contribution in [1.82, 2.24) is 15.1 Å². The summed E-state index contributed by atoms with van der Waals surface area (Å²) in [5.41, 5.74) is 2.18. The lowest BCUT2D eigenvalue weighted by Gasteiger charge is -2.17. The lowest BCUT2D eigenvalue weighted by molar-refractivity contribution is -0.129. The van der Waals surface area contributed by atoms with Gasteiger partial charge in [0, 0.05) is 37.5 Å². The van der Waals surface area contributed by atoms with E-state index in [1.54, 1.807) is 11.0 Å². The van der Waals surface area contributed by atoms with Gasteiger partial charge in [-0.2, -0.15) is 0 Å². The molecule has 0 bridgehead atoms. The van der Waals surface area contributed by atoms with Crippen molar-refractivity contribution in [3.8, 4) is 0 Å². The van der Waals surface area contributed by atoms with Gasteiger partial charge in [-0.15, -0.1) is 11.3 Å². The Balaban J connectivity index is 1.26. The summed E-state index contributed by atoms with van der Waals surface area (Å²) in [4.78, 5) is 53.7. The first-order valence-corrected chi connectivity index (χ1v) is 12.0. The van der Waals surface area contributed by atoms with E-state index in [1.165, 1.54) is 11.3 Å². The van der Waals surface area contributed by atoms with Crippen LogP contribution in [-0.4, -0.2) is 52.4 Å². The summed E-state index contributed by atoms with van der Waals surface area (Å²) in [6.07, 6.45) is 1.88. The van der Waals surface area contributed by atoms with E-state index in [2.05, 4.69) is 5.32 Å². The number of rotatable bonds is 7. The van der Waals surface area contributed by atoms with Gasteiger partial charge in [-0.05, 0) is 41.8 Å². The number of imide groups is 1. The monoisotopic (exact) mass is 469 g/mol. The van der Waals surface area contributed by atoms with Crippen LogP contribution < -0.4 is 5.32 Å². The second-order valence-electron chi connectivity index (χ2n) is 7.80. The van der Waals surface area contributed by atoms with E-state index in [-0.39, 0.29) is 42.5 Å². The Kier molecular flexibility index (Phi) is 6.76. The number of nitrogens with zero attached hydrogens (tertiary/aromatic N) is 2. The van der Waals surface area contributed by atoms with E-state index < -0.39 is 5.92 Å². The highest BCUT2D eigenvalue weighted by atomic mass is 32.2. The fourth-order valence-electron chi connectivity index (χ4n) is 3.65. The molecule has 32 heavy (non-hydrogen) atoms. The molecule has 4 rings (SSSR count). The maximum Gasteiger partial charge on any atom is 0.293 e. The fourth-order valence-corrected chi connectivity index (χ4v) is 5.23. The second-order valence-corrected chi connectivity index (χ2v) is 9.77. The first-order valence-electron chi connectivity index (χ1n) is 10.3. The third-order valence-electron chi connectivity index (χ3n) is 5.40. The summed E-state index contributed by atoms with van der Waals surface area (Å²) in [6, 6.07) is 11.7. The Labute approximate surface area is 194 Å². The zero-order chi connectivity index (χ0) is 22.7. The van der Waals surface area contributed by atoms with E-state index in [4.69, 9.17) is 0 Å². The van der Waals surface area contributed by atoms with Crippen LogP contribution in [0.15, 0.2) is 46.7 Å². The number of benzene rings is 1. The van der Waals surface area contributed by atoms with Gasteiger partial charge < -0.3 is 10.2 Å². The quantitative estimate of drug-likeness (QED) is 0.629. The van der Waals surface area contributed by atoms with E-state index in [0.29, 0.717) is 18.0 Å². The summed E-state index contributed by atoms with van der Waals surface area (Å²) in [5, 5.41) is 4.34. The van der Waals surface area contributed by atoms with E-state index >= 15 is 0 Å². The molecule has 2 aromatic rings. The van der Waals surface area contributed by atoms with Gasteiger partial charge in [0.05, 0.1) is 10.8 Å². The molecule has 0 radical (unpaired) electrons. The van der Waals surface area contributed by atoms with Crippen LogP contribution in [0.3, 0.4) is 0 Å². The second kappa shape index (κ2) is 9.70. The predicted octanol–water partition coefficient (Wildman–Crippen LogP) is 3.26. The zero-order valence-corrected chi connectivity index (χ0v) is 19.2. The van der Waals surface area contributed by atoms with Crippen LogP contribution in [0.4, 0.5) is 4.79 Å². The molecule has 2 aliphatic heterocycles. The van der Waals surface area contributed by atoms with Gasteiger partial charge in [0.2, 0.25) is 11.8 Å². The molecule has 1 N–H and O–H groups in total. The normalized spacial score (nSPS) is 20.0. The number of hydrogen-bond donors (Lipinski definition) is 1.